The normalized spacial score (nSPS) is 12.3. The zero-order valence-corrected chi connectivity index (χ0v) is 41.7. The van der Waals surface area contributed by atoms with Crippen molar-refractivity contribution in [2.75, 3.05) is 0 Å². The third kappa shape index (κ3) is 22.5. The summed E-state index contributed by atoms with van der Waals surface area (Å²) in [7, 11) is 14.8. The second-order valence-corrected chi connectivity index (χ2v) is 22.4. The molecule has 0 fully saturated rings. The van der Waals surface area contributed by atoms with E-state index in [1.54, 1.807) is 0 Å². The van der Waals surface area contributed by atoms with Gasteiger partial charge in [-0.2, -0.15) is 0 Å². The smallest absolute Gasteiger partial charge is 0.294 e. The van der Waals surface area contributed by atoms with Crippen LogP contribution in [0.5, 0.6) is 0 Å². The number of benzene rings is 5. The molecule has 0 amide bonds. The van der Waals surface area contributed by atoms with E-state index in [0.717, 1.165) is 31.8 Å². The van der Waals surface area contributed by atoms with Gasteiger partial charge in [0.2, 0.25) is 5.24 Å². The number of Topliss-reactive ketones (excluding diaryl/α,β-unsaturated/α-hetero) is 1. The first-order valence-electron chi connectivity index (χ1n) is 16.3. The summed E-state index contributed by atoms with van der Waals surface area (Å²) in [5, 5.41) is 0.629. The van der Waals surface area contributed by atoms with E-state index < -0.39 is 11.4 Å². The second kappa shape index (κ2) is 30.6. The van der Waals surface area contributed by atoms with E-state index in [2.05, 4.69) is 118 Å². The SMILES string of the molecule is BrCc1ccccc1Br.C.CC(Cc1ccccc1Br)C(=O)Cl.CC1Cc2c(Br)cccc2C1=O.Cc1ccccc1.Cc1ccccc1Br.[Cl][Al]([Cl])[Cl]. The number of rotatable bonds is 4. The van der Waals surface area contributed by atoms with Gasteiger partial charge >= 0.3 is 11.4 Å². The third-order valence-corrected chi connectivity index (χ3v) is 11.5. The fourth-order valence-electron chi connectivity index (χ4n) is 4.43. The molecule has 0 aromatic heterocycles. The Morgan fingerprint density at radius 2 is 1.15 bits per heavy atom. The van der Waals surface area contributed by atoms with E-state index in [9.17, 15) is 9.59 Å². The highest BCUT2D eigenvalue weighted by atomic mass is 79.9. The molecule has 2 nitrogen and oxygen atoms in total. The lowest BCUT2D eigenvalue weighted by Gasteiger charge is -2.07. The average molecular weight is 1150 g/mol. The minimum Gasteiger partial charge on any atom is -0.294 e. The Kier molecular flexibility index (Phi) is 30.3. The van der Waals surface area contributed by atoms with Crippen molar-refractivity contribution in [3.8, 4) is 0 Å². The number of fused-ring (bicyclic) bond motifs is 1. The van der Waals surface area contributed by atoms with Crippen LogP contribution in [0.15, 0.2) is 139 Å². The predicted molar refractivity (Wildman–Crippen MR) is 256 cm³/mol. The zero-order valence-electron chi connectivity index (χ0n) is 29.6. The maximum atomic E-state index is 11.5. The largest absolute Gasteiger partial charge is 0.643 e. The van der Waals surface area contributed by atoms with Gasteiger partial charge in [0.25, 0.3) is 0 Å². The van der Waals surface area contributed by atoms with Crippen LogP contribution in [0.2, 0.25) is 0 Å². The Bertz CT molecular complexity index is 1810. The molecule has 12 heteroatoms. The molecule has 290 valence electrons. The van der Waals surface area contributed by atoms with E-state index in [4.69, 9.17) is 41.7 Å². The van der Waals surface area contributed by atoms with Crippen LogP contribution in [0.4, 0.5) is 0 Å². The third-order valence-electron chi connectivity index (χ3n) is 7.33. The van der Waals surface area contributed by atoms with Gasteiger partial charge in [0.05, 0.1) is 0 Å². The predicted octanol–water partition coefficient (Wildman–Crippen LogP) is 16.6. The summed E-state index contributed by atoms with van der Waals surface area (Å²) in [6.07, 6.45) is 1.57. The maximum Gasteiger partial charge on any atom is 0.643 e. The standard InChI is InChI=1S/C10H10BrClO.C10H9BrO.C7H6Br2.C7H7Br.C7H8.CH4.Al.3ClH/c1-7(10(12)13)6-8-4-2-3-5-9(8)11;1-6-5-8-7(10(6)12)3-2-4-9(8)11;8-5-6-3-1-2-4-7(6)9;1-6-4-2-3-5-7(6)8;1-7-5-3-2-4-6-7;;;;;/h2-5,7H,6H2,1H3;2-4,6H,5H2,1H3;1-4H,5H2;2-5H,1H3;2-6H,1H3;1H4;;3*1H/q;;;;;;+3;;;/p-3. The highest BCUT2D eigenvalue weighted by molar-refractivity contribution is 9.11. The van der Waals surface area contributed by atoms with Crippen LogP contribution in [-0.2, 0) is 23.0 Å². The fraction of sp³-hybridized carbons (Fsp3) is 0.238. The van der Waals surface area contributed by atoms with Crippen LogP contribution in [-0.4, -0.2) is 22.4 Å². The molecule has 0 radical (unpaired) electrons. The van der Waals surface area contributed by atoms with E-state index >= 15 is 0 Å². The second-order valence-electron chi connectivity index (χ2n) is 11.6. The molecule has 0 saturated carbocycles. The average Bonchev–Trinajstić information content (AvgIpc) is 3.42. The van der Waals surface area contributed by atoms with Gasteiger partial charge in [-0.1, -0.05) is 204 Å². The summed E-state index contributed by atoms with van der Waals surface area (Å²) in [4.78, 5) is 22.3. The van der Waals surface area contributed by atoms with Gasteiger partial charge in [0.15, 0.2) is 5.78 Å². The molecular weight excluding hydrogens is 1100 g/mol. The number of hydrogen-bond acceptors (Lipinski definition) is 2. The topological polar surface area (TPSA) is 34.1 Å². The molecule has 0 spiro atoms. The van der Waals surface area contributed by atoms with Gasteiger partial charge in [0.1, 0.15) is 0 Å². The number of ketones is 1. The monoisotopic (exact) mass is 1140 g/mol. The van der Waals surface area contributed by atoms with Gasteiger partial charge in [-0.05, 0) is 84.8 Å². The Labute approximate surface area is 386 Å². The summed E-state index contributed by atoms with van der Waals surface area (Å²) >= 11 is 20.7. The molecule has 5 aromatic carbocycles. The highest BCUT2D eigenvalue weighted by Crippen LogP contribution is 2.31. The molecule has 2 unspecified atom stereocenters. The van der Waals surface area contributed by atoms with Crippen molar-refractivity contribution in [3.05, 3.63) is 173 Å². The van der Waals surface area contributed by atoms with Crippen LogP contribution >= 0.6 is 121 Å². The van der Waals surface area contributed by atoms with Crippen LogP contribution < -0.4 is 0 Å². The minimum atomic E-state index is -1.72. The molecular formula is C42H44AlBr5Cl4O2. The van der Waals surface area contributed by atoms with Crippen LogP contribution in [0.3, 0.4) is 0 Å². The molecule has 6 rings (SSSR count). The number of carbonyl (C=O) groups is 2. The van der Waals surface area contributed by atoms with Crippen molar-refractivity contribution in [2.45, 2.75) is 53.3 Å². The van der Waals surface area contributed by atoms with E-state index in [1.165, 1.54) is 31.2 Å². The van der Waals surface area contributed by atoms with Gasteiger partial charge < -0.3 is 0 Å². The van der Waals surface area contributed by atoms with Crippen molar-refractivity contribution in [2.24, 2.45) is 11.8 Å². The number of aryl methyl sites for hydroxylation is 2. The Morgan fingerprint density at radius 3 is 1.52 bits per heavy atom. The molecule has 1 aliphatic carbocycles. The molecule has 0 saturated heterocycles. The first-order valence-corrected chi connectivity index (χ1v) is 26.2. The maximum absolute atomic E-state index is 11.5. The summed E-state index contributed by atoms with van der Waals surface area (Å²) in [6, 6.07) is 40.2. The lowest BCUT2D eigenvalue weighted by molar-refractivity contribution is -0.114. The number of halogens is 9. The van der Waals surface area contributed by atoms with Crippen molar-refractivity contribution in [1.29, 1.82) is 0 Å². The van der Waals surface area contributed by atoms with Gasteiger partial charge in [-0.3, -0.25) is 9.59 Å². The Hall–Kier alpha value is -0.468. The first-order chi connectivity index (χ1) is 25.1. The Morgan fingerprint density at radius 1 is 0.704 bits per heavy atom. The van der Waals surface area contributed by atoms with Crippen molar-refractivity contribution in [1.82, 2.24) is 0 Å². The molecule has 54 heavy (non-hydrogen) atoms. The van der Waals surface area contributed by atoms with Crippen LogP contribution in [0, 0.1) is 25.7 Å². The summed E-state index contributed by atoms with van der Waals surface area (Å²) in [5.41, 5.74) is 7.09. The van der Waals surface area contributed by atoms with Gasteiger partial charge in [-0.15, -0.1) is 0 Å². The van der Waals surface area contributed by atoms with Crippen LogP contribution in [0.25, 0.3) is 0 Å². The number of hydrogen-bond donors (Lipinski definition) is 0. The van der Waals surface area contributed by atoms with Crippen molar-refractivity contribution in [3.63, 3.8) is 0 Å². The fourth-order valence-corrected chi connectivity index (χ4v) is 7.05. The van der Waals surface area contributed by atoms with Crippen molar-refractivity contribution >= 4 is 144 Å². The molecule has 0 N–H and O–H groups in total. The van der Waals surface area contributed by atoms with Gasteiger partial charge in [0, 0.05) is 40.6 Å². The molecule has 2 atom stereocenters. The Balaban J connectivity index is 0.000000641. The molecule has 0 heterocycles. The number of carbonyl (C=O) groups excluding carboxylic acids is 2. The van der Waals surface area contributed by atoms with E-state index in [0.29, 0.717) is 6.42 Å². The first kappa shape index (κ1) is 53.5. The number of alkyl halides is 1. The lowest BCUT2D eigenvalue weighted by Crippen LogP contribution is -2.07. The van der Waals surface area contributed by atoms with Crippen molar-refractivity contribution < 1.29 is 9.59 Å². The van der Waals surface area contributed by atoms with E-state index in [1.807, 2.05) is 111 Å². The minimum absolute atomic E-state index is 0. The summed E-state index contributed by atoms with van der Waals surface area (Å²) < 4.78 is 4.44. The molecule has 5 aromatic rings. The van der Waals surface area contributed by atoms with Crippen LogP contribution in [0.1, 0.15) is 59.4 Å². The lowest BCUT2D eigenvalue weighted by atomic mass is 10.0. The summed E-state index contributed by atoms with van der Waals surface area (Å²) in [6.45, 7) is 7.97. The van der Waals surface area contributed by atoms with E-state index in [-0.39, 0.29) is 30.3 Å². The molecule has 0 bridgehead atoms. The molecule has 1 aliphatic rings. The quantitative estimate of drug-likeness (QED) is 0.102. The zero-order chi connectivity index (χ0) is 39.9. The summed E-state index contributed by atoms with van der Waals surface area (Å²) in [5.74, 6) is 0.324. The molecule has 0 aliphatic heterocycles. The van der Waals surface area contributed by atoms with Gasteiger partial charge in [-0.25, -0.2) is 30.1 Å². The highest BCUT2D eigenvalue weighted by Gasteiger charge is 2.27.